The summed E-state index contributed by atoms with van der Waals surface area (Å²) < 4.78 is 5.43. The predicted molar refractivity (Wildman–Crippen MR) is 86.4 cm³/mol. The van der Waals surface area contributed by atoms with E-state index in [0.717, 1.165) is 13.2 Å². The first-order valence-electron chi connectivity index (χ1n) is 6.83. The van der Waals surface area contributed by atoms with Crippen molar-refractivity contribution in [2.45, 2.75) is 30.7 Å². The van der Waals surface area contributed by atoms with Gasteiger partial charge in [0.1, 0.15) is 0 Å². The molecule has 1 saturated carbocycles. The quantitative estimate of drug-likeness (QED) is 0.898. The Morgan fingerprint density at radius 3 is 2.85 bits per heavy atom. The van der Waals surface area contributed by atoms with Crippen molar-refractivity contribution in [3.8, 4) is 0 Å². The summed E-state index contributed by atoms with van der Waals surface area (Å²) in [5.41, 5.74) is 1.54. The Morgan fingerprint density at radius 2 is 2.15 bits per heavy atom. The molecule has 2 nitrogen and oxygen atoms in total. The third-order valence-electron chi connectivity index (χ3n) is 4.85. The van der Waals surface area contributed by atoms with Crippen LogP contribution in [-0.4, -0.2) is 26.3 Å². The first kappa shape index (κ1) is 16.4. The van der Waals surface area contributed by atoms with Crippen molar-refractivity contribution < 1.29 is 4.74 Å². The van der Waals surface area contributed by atoms with Gasteiger partial charge in [-0.25, -0.2) is 0 Å². The Bertz CT molecular complexity index is 482. The lowest BCUT2D eigenvalue weighted by Gasteiger charge is -2.42. The average Bonchev–Trinajstić information content (AvgIpc) is 2.76. The Hall–Kier alpha value is 0.01000. The van der Waals surface area contributed by atoms with Crippen molar-refractivity contribution in [3.63, 3.8) is 0 Å². The molecule has 2 bridgehead atoms. The number of hydrogen-bond donors (Lipinski definition) is 1. The van der Waals surface area contributed by atoms with Crippen molar-refractivity contribution >= 4 is 35.6 Å². The van der Waals surface area contributed by atoms with Gasteiger partial charge >= 0.3 is 0 Å². The normalized spacial score (nSPS) is 31.9. The number of nitrogens with one attached hydrogen (secondary N) is 1. The number of ether oxygens (including phenoxy) is 1. The highest BCUT2D eigenvalue weighted by atomic mass is 35.5. The molecule has 0 spiro atoms. The van der Waals surface area contributed by atoms with E-state index in [2.05, 4.69) is 17.4 Å². The molecule has 3 atom stereocenters. The molecule has 1 aliphatic heterocycles. The summed E-state index contributed by atoms with van der Waals surface area (Å²) >= 11 is 12.3. The highest BCUT2D eigenvalue weighted by Gasteiger charge is 2.49. The Morgan fingerprint density at radius 1 is 1.35 bits per heavy atom. The van der Waals surface area contributed by atoms with Crippen LogP contribution in [0.4, 0.5) is 0 Å². The van der Waals surface area contributed by atoms with Crippen LogP contribution in [0.15, 0.2) is 18.2 Å². The van der Waals surface area contributed by atoms with E-state index in [1.807, 2.05) is 6.07 Å². The van der Waals surface area contributed by atoms with E-state index in [1.54, 1.807) is 7.11 Å². The summed E-state index contributed by atoms with van der Waals surface area (Å²) in [6.45, 7) is 1.82. The smallest absolute Gasteiger partial charge is 0.0595 e. The molecule has 20 heavy (non-hydrogen) atoms. The molecule has 5 heteroatoms. The monoisotopic (exact) mass is 335 g/mol. The largest absolute Gasteiger partial charge is 0.384 e. The SMILES string of the molecule is COC[C@H]1CN[C@H]2CC[C@]1(c1ccc(Cl)c(Cl)c1)C2.Cl. The van der Waals surface area contributed by atoms with Crippen molar-refractivity contribution in [1.29, 1.82) is 0 Å². The van der Waals surface area contributed by atoms with Gasteiger partial charge in [0.15, 0.2) is 0 Å². The van der Waals surface area contributed by atoms with Crippen molar-refractivity contribution in [2.75, 3.05) is 20.3 Å². The minimum Gasteiger partial charge on any atom is -0.384 e. The number of fused-ring (bicyclic) bond motifs is 2. The summed E-state index contributed by atoms with van der Waals surface area (Å²) in [5, 5.41) is 4.92. The van der Waals surface area contributed by atoms with Crippen LogP contribution >= 0.6 is 35.6 Å². The van der Waals surface area contributed by atoms with Crippen molar-refractivity contribution in [2.24, 2.45) is 5.92 Å². The minimum atomic E-state index is 0. The van der Waals surface area contributed by atoms with Crippen LogP contribution < -0.4 is 5.32 Å². The lowest BCUT2D eigenvalue weighted by Crippen LogP contribution is -2.48. The second kappa shape index (κ2) is 6.41. The first-order valence-corrected chi connectivity index (χ1v) is 7.59. The van der Waals surface area contributed by atoms with Crippen LogP contribution in [0.25, 0.3) is 0 Å². The average molecular weight is 337 g/mol. The van der Waals surface area contributed by atoms with Crippen LogP contribution in [0.3, 0.4) is 0 Å². The lowest BCUT2D eigenvalue weighted by atomic mass is 9.67. The fourth-order valence-electron chi connectivity index (χ4n) is 3.85. The van der Waals surface area contributed by atoms with Gasteiger partial charge in [-0.3, -0.25) is 0 Å². The zero-order valence-electron chi connectivity index (χ0n) is 11.5. The Balaban J connectivity index is 0.00000147. The first-order chi connectivity index (χ1) is 9.15. The van der Waals surface area contributed by atoms with E-state index in [0.29, 0.717) is 22.0 Å². The zero-order chi connectivity index (χ0) is 13.5. The molecular formula is C15H20Cl3NO. The second-order valence-electron chi connectivity index (χ2n) is 5.79. The molecule has 1 heterocycles. The van der Waals surface area contributed by atoms with Crippen LogP contribution in [0.5, 0.6) is 0 Å². The summed E-state index contributed by atoms with van der Waals surface area (Å²) in [6, 6.07) is 6.76. The predicted octanol–water partition coefficient (Wildman–Crippen LogP) is 4.07. The summed E-state index contributed by atoms with van der Waals surface area (Å²) in [6.07, 6.45) is 3.62. The van der Waals surface area contributed by atoms with Gasteiger partial charge in [-0.1, -0.05) is 29.3 Å². The third-order valence-corrected chi connectivity index (χ3v) is 5.59. The standard InChI is InChI=1S/C15H19Cl2NO.ClH/c1-19-9-11-8-18-12-4-5-15(11,7-12)10-2-3-13(16)14(17)6-10;/h2-3,6,11-12,18H,4-5,7-9H2,1H3;1H/t11-,12+,15-;/m1./s1. The molecular weight excluding hydrogens is 317 g/mol. The summed E-state index contributed by atoms with van der Waals surface area (Å²) in [5.74, 6) is 0.508. The lowest BCUT2D eigenvalue weighted by molar-refractivity contribution is 0.0889. The maximum Gasteiger partial charge on any atom is 0.0595 e. The number of halogens is 3. The number of rotatable bonds is 3. The minimum absolute atomic E-state index is 0. The number of hydrogen-bond acceptors (Lipinski definition) is 2. The number of piperidine rings is 1. The molecule has 1 saturated heterocycles. The molecule has 1 aliphatic carbocycles. The van der Waals surface area contributed by atoms with Crippen LogP contribution in [-0.2, 0) is 10.2 Å². The molecule has 1 N–H and O–H groups in total. The van der Waals surface area contributed by atoms with Crippen LogP contribution in [0, 0.1) is 5.92 Å². The molecule has 0 unspecified atom stereocenters. The molecule has 1 aromatic carbocycles. The van der Waals surface area contributed by atoms with Gasteiger partial charge in [0, 0.05) is 31.0 Å². The van der Waals surface area contributed by atoms with Gasteiger partial charge in [-0.05, 0) is 37.0 Å². The molecule has 0 amide bonds. The van der Waals surface area contributed by atoms with E-state index in [9.17, 15) is 0 Å². The molecule has 0 aromatic heterocycles. The molecule has 3 rings (SSSR count). The van der Waals surface area contributed by atoms with Gasteiger partial charge in [-0.2, -0.15) is 0 Å². The molecule has 2 aliphatic rings. The highest BCUT2D eigenvalue weighted by Crippen LogP contribution is 2.50. The van der Waals surface area contributed by atoms with Gasteiger partial charge in [0.2, 0.25) is 0 Å². The fourth-order valence-corrected chi connectivity index (χ4v) is 4.15. The van der Waals surface area contributed by atoms with Crippen molar-refractivity contribution in [3.05, 3.63) is 33.8 Å². The maximum atomic E-state index is 6.21. The van der Waals surface area contributed by atoms with E-state index in [1.165, 1.54) is 24.8 Å². The van der Waals surface area contributed by atoms with Crippen LogP contribution in [0.2, 0.25) is 10.0 Å². The van der Waals surface area contributed by atoms with Crippen LogP contribution in [0.1, 0.15) is 24.8 Å². The molecule has 0 radical (unpaired) electrons. The van der Waals surface area contributed by atoms with E-state index in [4.69, 9.17) is 27.9 Å². The second-order valence-corrected chi connectivity index (χ2v) is 6.60. The Kier molecular flexibility index (Phi) is 5.25. The van der Waals surface area contributed by atoms with E-state index >= 15 is 0 Å². The fraction of sp³-hybridized carbons (Fsp3) is 0.600. The van der Waals surface area contributed by atoms with Crippen molar-refractivity contribution in [1.82, 2.24) is 5.32 Å². The highest BCUT2D eigenvalue weighted by molar-refractivity contribution is 6.42. The van der Waals surface area contributed by atoms with Gasteiger partial charge in [0.25, 0.3) is 0 Å². The van der Waals surface area contributed by atoms with E-state index in [-0.39, 0.29) is 17.8 Å². The summed E-state index contributed by atoms with van der Waals surface area (Å²) in [7, 11) is 1.78. The molecule has 1 aromatic rings. The van der Waals surface area contributed by atoms with Gasteiger partial charge in [-0.15, -0.1) is 12.4 Å². The molecule has 112 valence electrons. The molecule has 2 fully saturated rings. The summed E-state index contributed by atoms with van der Waals surface area (Å²) in [4.78, 5) is 0. The number of methoxy groups -OCH3 is 1. The maximum absolute atomic E-state index is 6.21. The van der Waals surface area contributed by atoms with E-state index < -0.39 is 0 Å². The zero-order valence-corrected chi connectivity index (χ0v) is 13.8. The Labute approximate surface area is 136 Å². The van der Waals surface area contributed by atoms with Gasteiger partial charge < -0.3 is 10.1 Å². The number of benzene rings is 1. The van der Waals surface area contributed by atoms with Gasteiger partial charge in [0.05, 0.1) is 16.7 Å². The third kappa shape index (κ3) is 2.69. The topological polar surface area (TPSA) is 21.3 Å².